The number of nitrogens with one attached hydrogen (secondary N) is 2. The van der Waals surface area contributed by atoms with Crippen LogP contribution >= 0.6 is 15.9 Å². The van der Waals surface area contributed by atoms with Gasteiger partial charge in [0, 0.05) is 38.8 Å². The number of carbonyl (C=O) groups is 1. The molecule has 2 N–H and O–H groups in total. The molecule has 3 rings (SSSR count). The van der Waals surface area contributed by atoms with Gasteiger partial charge in [0.2, 0.25) is 17.7 Å². The summed E-state index contributed by atoms with van der Waals surface area (Å²) in [7, 11) is 1.59. The van der Waals surface area contributed by atoms with Crippen LogP contribution in [0.2, 0.25) is 0 Å². The van der Waals surface area contributed by atoms with Gasteiger partial charge >= 0.3 is 0 Å². The third-order valence-corrected chi connectivity index (χ3v) is 4.95. The van der Waals surface area contributed by atoms with Gasteiger partial charge in [-0.15, -0.1) is 0 Å². The number of carbonyl (C=O) groups excluding carboxylic acids is 1. The van der Waals surface area contributed by atoms with Crippen molar-refractivity contribution < 1.29 is 9.53 Å². The van der Waals surface area contributed by atoms with Crippen LogP contribution in [-0.2, 0) is 4.79 Å². The van der Waals surface area contributed by atoms with Crippen LogP contribution in [0, 0.1) is 0 Å². The highest BCUT2D eigenvalue weighted by molar-refractivity contribution is 9.10. The van der Waals surface area contributed by atoms with Crippen molar-refractivity contribution in [1.82, 2.24) is 25.5 Å². The number of aliphatic imine (C=N–C) groups is 1. The van der Waals surface area contributed by atoms with Gasteiger partial charge in [-0.25, -0.2) is 9.98 Å². The smallest absolute Gasteiger partial charge is 0.242 e. The highest BCUT2D eigenvalue weighted by Crippen LogP contribution is 2.24. The Morgan fingerprint density at radius 3 is 2.74 bits per heavy atom. The van der Waals surface area contributed by atoms with E-state index in [9.17, 15) is 4.79 Å². The number of anilines is 1. The van der Waals surface area contributed by atoms with Crippen LogP contribution in [-0.4, -0.2) is 79.2 Å². The third kappa shape index (κ3) is 5.44. The summed E-state index contributed by atoms with van der Waals surface area (Å²) in [6, 6.07) is 0.363. The number of halogens is 1. The van der Waals surface area contributed by atoms with Crippen LogP contribution in [0.3, 0.4) is 0 Å². The fourth-order valence-corrected chi connectivity index (χ4v) is 3.18. The molecule has 0 radical (unpaired) electrons. The van der Waals surface area contributed by atoms with Crippen molar-refractivity contribution in [3.8, 4) is 5.88 Å². The Kier molecular flexibility index (Phi) is 6.70. The molecule has 1 aliphatic carbocycles. The van der Waals surface area contributed by atoms with E-state index in [0.717, 1.165) is 56.0 Å². The standard InChI is InChI=1S/C17H26BrN7O2/c1-3-19-16(21-11-14(26)22-12-4-5-12)24-6-8-25(9-7-24)17-20-10-13(18)15(23-17)27-2/h10,12H,3-9,11H2,1-2H3,(H,19,21)(H,22,26). The molecule has 0 atom stereocenters. The minimum atomic E-state index is -0.0121. The SMILES string of the molecule is CCNC(=NCC(=O)NC1CC1)N1CCN(c2ncc(Br)c(OC)n2)CC1. The Morgan fingerprint density at radius 2 is 2.11 bits per heavy atom. The molecule has 0 aromatic carbocycles. The number of rotatable bonds is 6. The number of piperazine rings is 1. The van der Waals surface area contributed by atoms with Gasteiger partial charge in [-0.05, 0) is 35.7 Å². The number of methoxy groups -OCH3 is 1. The van der Waals surface area contributed by atoms with E-state index in [-0.39, 0.29) is 12.5 Å². The van der Waals surface area contributed by atoms with Crippen LogP contribution in [0.15, 0.2) is 15.7 Å². The molecule has 0 unspecified atom stereocenters. The zero-order valence-corrected chi connectivity index (χ0v) is 17.3. The molecule has 1 aliphatic heterocycles. The molecule has 9 nitrogen and oxygen atoms in total. The lowest BCUT2D eigenvalue weighted by Crippen LogP contribution is -2.53. The van der Waals surface area contributed by atoms with Crippen molar-refractivity contribution in [2.45, 2.75) is 25.8 Å². The largest absolute Gasteiger partial charge is 0.480 e. The Bertz CT molecular complexity index is 688. The monoisotopic (exact) mass is 439 g/mol. The number of hydrogen-bond acceptors (Lipinski definition) is 6. The maximum atomic E-state index is 11.9. The first kappa shape index (κ1) is 19.7. The Labute approximate surface area is 167 Å². The van der Waals surface area contributed by atoms with Gasteiger partial charge in [-0.3, -0.25) is 4.79 Å². The molecule has 1 saturated carbocycles. The normalized spacial score (nSPS) is 17.7. The highest BCUT2D eigenvalue weighted by atomic mass is 79.9. The first-order valence-corrected chi connectivity index (χ1v) is 10.0. The van der Waals surface area contributed by atoms with Gasteiger partial charge in [0.05, 0.1) is 17.8 Å². The summed E-state index contributed by atoms with van der Waals surface area (Å²) in [6.07, 6.45) is 3.87. The van der Waals surface area contributed by atoms with Crippen molar-refractivity contribution in [1.29, 1.82) is 0 Å². The van der Waals surface area contributed by atoms with Crippen molar-refractivity contribution in [3.05, 3.63) is 10.7 Å². The molecule has 2 aliphatic rings. The zero-order chi connectivity index (χ0) is 19.2. The number of guanidine groups is 1. The van der Waals surface area contributed by atoms with Gasteiger partial charge in [0.15, 0.2) is 5.96 Å². The molecule has 1 aromatic rings. The second-order valence-corrected chi connectivity index (χ2v) is 7.37. The minimum Gasteiger partial charge on any atom is -0.480 e. The first-order chi connectivity index (χ1) is 13.1. The van der Waals surface area contributed by atoms with Gasteiger partial charge < -0.3 is 25.2 Å². The second-order valence-electron chi connectivity index (χ2n) is 6.51. The lowest BCUT2D eigenvalue weighted by molar-refractivity contribution is -0.119. The summed E-state index contributed by atoms with van der Waals surface area (Å²) in [5, 5.41) is 6.24. The van der Waals surface area contributed by atoms with E-state index in [1.54, 1.807) is 13.3 Å². The van der Waals surface area contributed by atoms with Crippen LogP contribution in [0.4, 0.5) is 5.95 Å². The van der Waals surface area contributed by atoms with Crippen molar-refractivity contribution in [2.24, 2.45) is 4.99 Å². The van der Waals surface area contributed by atoms with E-state index in [1.165, 1.54) is 0 Å². The third-order valence-electron chi connectivity index (χ3n) is 4.40. The molecule has 2 heterocycles. The van der Waals surface area contributed by atoms with Crippen molar-refractivity contribution >= 4 is 33.7 Å². The number of hydrogen-bond donors (Lipinski definition) is 2. The lowest BCUT2D eigenvalue weighted by Gasteiger charge is -2.36. The van der Waals surface area contributed by atoms with Crippen molar-refractivity contribution in [2.75, 3.05) is 51.3 Å². The van der Waals surface area contributed by atoms with E-state index in [4.69, 9.17) is 4.74 Å². The first-order valence-electron chi connectivity index (χ1n) is 9.24. The van der Waals surface area contributed by atoms with E-state index in [1.807, 2.05) is 6.92 Å². The Balaban J connectivity index is 1.57. The molecule has 148 valence electrons. The predicted molar refractivity (Wildman–Crippen MR) is 107 cm³/mol. The maximum absolute atomic E-state index is 11.9. The summed E-state index contributed by atoms with van der Waals surface area (Å²) in [6.45, 7) is 6.03. The topological polar surface area (TPSA) is 95.0 Å². The molecular formula is C17H26BrN7O2. The average molecular weight is 440 g/mol. The van der Waals surface area contributed by atoms with E-state index >= 15 is 0 Å². The van der Waals surface area contributed by atoms with E-state index < -0.39 is 0 Å². The zero-order valence-electron chi connectivity index (χ0n) is 15.7. The molecule has 0 bridgehead atoms. The molecule has 1 aromatic heterocycles. The highest BCUT2D eigenvalue weighted by Gasteiger charge is 2.24. The second kappa shape index (κ2) is 9.20. The number of amides is 1. The Morgan fingerprint density at radius 1 is 1.37 bits per heavy atom. The van der Waals surface area contributed by atoms with Gasteiger partial charge in [-0.2, -0.15) is 4.98 Å². The minimum absolute atomic E-state index is 0.0121. The molecule has 10 heteroatoms. The number of ether oxygens (including phenoxy) is 1. The summed E-state index contributed by atoms with van der Waals surface area (Å²) >= 11 is 3.37. The fourth-order valence-electron chi connectivity index (χ4n) is 2.83. The van der Waals surface area contributed by atoms with Gasteiger partial charge in [0.1, 0.15) is 6.54 Å². The average Bonchev–Trinajstić information content (AvgIpc) is 3.49. The lowest BCUT2D eigenvalue weighted by atomic mass is 10.3. The summed E-state index contributed by atoms with van der Waals surface area (Å²) in [4.78, 5) is 29.5. The summed E-state index contributed by atoms with van der Waals surface area (Å²) in [5.74, 6) is 1.94. The predicted octanol–water partition coefficient (Wildman–Crippen LogP) is 0.614. The van der Waals surface area contributed by atoms with Crippen LogP contribution in [0.5, 0.6) is 5.88 Å². The van der Waals surface area contributed by atoms with E-state index in [0.29, 0.717) is 17.9 Å². The fraction of sp³-hybridized carbons (Fsp3) is 0.647. The molecule has 2 fully saturated rings. The molecule has 1 saturated heterocycles. The van der Waals surface area contributed by atoms with Crippen molar-refractivity contribution in [3.63, 3.8) is 0 Å². The van der Waals surface area contributed by atoms with Crippen LogP contribution in [0.25, 0.3) is 0 Å². The summed E-state index contributed by atoms with van der Waals surface area (Å²) in [5.41, 5.74) is 0. The molecule has 0 spiro atoms. The van der Waals surface area contributed by atoms with Gasteiger partial charge in [0.25, 0.3) is 0 Å². The molecule has 27 heavy (non-hydrogen) atoms. The van der Waals surface area contributed by atoms with E-state index in [2.05, 4.69) is 51.3 Å². The molecule has 1 amide bonds. The molecular weight excluding hydrogens is 414 g/mol. The van der Waals surface area contributed by atoms with Crippen LogP contribution in [0.1, 0.15) is 19.8 Å². The number of aromatic nitrogens is 2. The van der Waals surface area contributed by atoms with Gasteiger partial charge in [-0.1, -0.05) is 0 Å². The number of nitrogens with zero attached hydrogens (tertiary/aromatic N) is 5. The maximum Gasteiger partial charge on any atom is 0.242 e. The summed E-state index contributed by atoms with van der Waals surface area (Å²) < 4.78 is 5.99. The van der Waals surface area contributed by atoms with Crippen LogP contribution < -0.4 is 20.3 Å². The quantitative estimate of drug-likeness (QED) is 0.495. The Hall–Kier alpha value is -2.10.